The molecule has 2 N–H and O–H groups in total. The Morgan fingerprint density at radius 3 is 3.07 bits per heavy atom. The summed E-state index contributed by atoms with van der Waals surface area (Å²) in [6.07, 6.45) is 7.48. The molecule has 3 aromatic heterocycles. The number of amides is 1. The number of ether oxygens (including phenoxy) is 1. The highest BCUT2D eigenvalue weighted by Crippen LogP contribution is 2.27. The Morgan fingerprint density at radius 1 is 1.30 bits per heavy atom. The van der Waals surface area contributed by atoms with Gasteiger partial charge in [0.2, 0.25) is 11.8 Å². The van der Waals surface area contributed by atoms with Crippen molar-refractivity contribution in [3.05, 3.63) is 53.5 Å². The zero-order valence-corrected chi connectivity index (χ0v) is 16.9. The lowest BCUT2D eigenvalue weighted by Gasteiger charge is -2.18. The fraction of sp³-hybridized carbons (Fsp3) is 0.364. The van der Waals surface area contributed by atoms with Gasteiger partial charge in [0, 0.05) is 37.2 Å². The van der Waals surface area contributed by atoms with E-state index in [0.29, 0.717) is 23.9 Å². The first-order valence-corrected chi connectivity index (χ1v) is 10.3. The molecule has 0 saturated carbocycles. The van der Waals surface area contributed by atoms with Crippen molar-refractivity contribution < 1.29 is 9.53 Å². The van der Waals surface area contributed by atoms with Gasteiger partial charge in [0.1, 0.15) is 5.56 Å². The monoisotopic (exact) mass is 404 g/mol. The Morgan fingerprint density at radius 2 is 2.23 bits per heavy atom. The number of carbonyl (C=O) groups is 1. The second-order valence-corrected chi connectivity index (χ2v) is 7.74. The third-order valence-electron chi connectivity index (χ3n) is 5.78. The second kappa shape index (κ2) is 7.78. The molecule has 154 valence electrons. The van der Waals surface area contributed by atoms with Crippen LogP contribution in [0.2, 0.25) is 0 Å². The first-order valence-electron chi connectivity index (χ1n) is 10.3. The van der Waals surface area contributed by atoms with Crippen molar-refractivity contribution >= 4 is 11.9 Å². The van der Waals surface area contributed by atoms with Gasteiger partial charge in [0.25, 0.3) is 5.91 Å². The van der Waals surface area contributed by atoms with Crippen LogP contribution in [0.4, 0.5) is 5.95 Å². The van der Waals surface area contributed by atoms with Crippen molar-refractivity contribution in [1.82, 2.24) is 25.3 Å². The highest BCUT2D eigenvalue weighted by Gasteiger charge is 2.28. The van der Waals surface area contributed by atoms with Gasteiger partial charge in [-0.05, 0) is 55.5 Å². The molecule has 0 bridgehead atoms. The van der Waals surface area contributed by atoms with Gasteiger partial charge < -0.3 is 19.9 Å². The number of pyridine rings is 1. The molecule has 5 rings (SSSR count). The lowest BCUT2D eigenvalue weighted by Crippen LogP contribution is -2.37. The second-order valence-electron chi connectivity index (χ2n) is 7.74. The predicted octanol–water partition coefficient (Wildman–Crippen LogP) is 2.37. The van der Waals surface area contributed by atoms with E-state index in [1.165, 1.54) is 0 Å². The van der Waals surface area contributed by atoms with E-state index in [1.807, 2.05) is 30.5 Å². The first-order chi connectivity index (χ1) is 14.7. The zero-order valence-electron chi connectivity index (χ0n) is 16.9. The summed E-state index contributed by atoms with van der Waals surface area (Å²) in [5.41, 5.74) is 4.53. The molecule has 1 amide bonds. The van der Waals surface area contributed by atoms with E-state index >= 15 is 0 Å². The number of nitrogens with one attached hydrogen (secondary N) is 2. The Kier molecular flexibility index (Phi) is 4.82. The standard InChI is InChI=1S/C22H24N6O2/c1-30-21-16(12-14-4-2-5-17(14)26-21)20(29)25-15-8-11-28(13-15)22-24-10-7-19(27-22)18-6-3-9-23-18/h3,6-7,9-10,12,15,23H,2,4-5,8,11,13H2,1H3,(H,25,29). The summed E-state index contributed by atoms with van der Waals surface area (Å²) in [4.78, 5) is 31.9. The molecule has 0 aromatic carbocycles. The molecule has 30 heavy (non-hydrogen) atoms. The molecule has 1 aliphatic carbocycles. The Hall–Kier alpha value is -3.42. The normalized spacial score (nSPS) is 17.8. The van der Waals surface area contributed by atoms with Gasteiger partial charge >= 0.3 is 0 Å². The maximum Gasteiger partial charge on any atom is 0.257 e. The summed E-state index contributed by atoms with van der Waals surface area (Å²) in [6, 6.07) is 7.78. The largest absolute Gasteiger partial charge is 0.480 e. The summed E-state index contributed by atoms with van der Waals surface area (Å²) in [6.45, 7) is 1.46. The number of hydrogen-bond acceptors (Lipinski definition) is 6. The fourth-order valence-electron chi connectivity index (χ4n) is 4.23. The van der Waals surface area contributed by atoms with Gasteiger partial charge in [0.05, 0.1) is 18.5 Å². The molecule has 8 heteroatoms. The molecule has 0 radical (unpaired) electrons. The minimum atomic E-state index is -0.137. The van der Waals surface area contributed by atoms with Gasteiger partial charge in [-0.3, -0.25) is 4.79 Å². The molecule has 1 atom stereocenters. The molecule has 3 aromatic rings. The van der Waals surface area contributed by atoms with E-state index in [1.54, 1.807) is 13.3 Å². The SMILES string of the molecule is COc1nc2c(cc1C(=O)NC1CCN(c3nccc(-c4ccc[nH]4)n3)C1)CCC2. The van der Waals surface area contributed by atoms with Crippen LogP contribution in [0.25, 0.3) is 11.4 Å². The molecule has 1 saturated heterocycles. The number of methoxy groups -OCH3 is 1. The van der Waals surface area contributed by atoms with Crippen LogP contribution in [0.15, 0.2) is 36.7 Å². The third-order valence-corrected chi connectivity index (χ3v) is 5.78. The van der Waals surface area contributed by atoms with E-state index in [4.69, 9.17) is 4.74 Å². The minimum absolute atomic E-state index is 0.0215. The molecule has 4 heterocycles. The van der Waals surface area contributed by atoms with Crippen LogP contribution >= 0.6 is 0 Å². The van der Waals surface area contributed by atoms with Crippen molar-refractivity contribution in [2.75, 3.05) is 25.1 Å². The topological polar surface area (TPSA) is 96.0 Å². The summed E-state index contributed by atoms with van der Waals surface area (Å²) in [5.74, 6) is 0.947. The van der Waals surface area contributed by atoms with E-state index in [0.717, 1.165) is 54.9 Å². The number of nitrogens with zero attached hydrogens (tertiary/aromatic N) is 4. The van der Waals surface area contributed by atoms with Gasteiger partial charge in [-0.15, -0.1) is 0 Å². The number of hydrogen-bond donors (Lipinski definition) is 2. The summed E-state index contributed by atoms with van der Waals surface area (Å²) in [5, 5.41) is 3.14. The lowest BCUT2D eigenvalue weighted by atomic mass is 10.1. The Labute approximate surface area is 174 Å². The van der Waals surface area contributed by atoms with Gasteiger partial charge in [-0.2, -0.15) is 0 Å². The van der Waals surface area contributed by atoms with E-state index in [-0.39, 0.29) is 11.9 Å². The molecular weight excluding hydrogens is 380 g/mol. The van der Waals surface area contributed by atoms with Crippen LogP contribution < -0.4 is 15.0 Å². The smallest absolute Gasteiger partial charge is 0.257 e. The number of aromatic nitrogens is 4. The fourth-order valence-corrected chi connectivity index (χ4v) is 4.23. The van der Waals surface area contributed by atoms with Crippen LogP contribution in [-0.2, 0) is 12.8 Å². The van der Waals surface area contributed by atoms with Gasteiger partial charge in [-0.1, -0.05) is 0 Å². The molecule has 1 aliphatic heterocycles. The van der Waals surface area contributed by atoms with Crippen molar-refractivity contribution in [1.29, 1.82) is 0 Å². The maximum absolute atomic E-state index is 12.9. The summed E-state index contributed by atoms with van der Waals surface area (Å²) >= 11 is 0. The Balaban J connectivity index is 1.28. The average molecular weight is 404 g/mol. The zero-order chi connectivity index (χ0) is 20.5. The van der Waals surface area contributed by atoms with Crippen LogP contribution in [0.1, 0.15) is 34.5 Å². The molecular formula is C22H24N6O2. The van der Waals surface area contributed by atoms with Crippen molar-refractivity contribution in [2.24, 2.45) is 0 Å². The number of rotatable bonds is 5. The third kappa shape index (κ3) is 3.49. The summed E-state index contributed by atoms with van der Waals surface area (Å²) < 4.78 is 5.39. The molecule has 2 aliphatic rings. The van der Waals surface area contributed by atoms with Crippen molar-refractivity contribution in [3.8, 4) is 17.3 Å². The van der Waals surface area contributed by atoms with E-state index in [9.17, 15) is 4.79 Å². The summed E-state index contributed by atoms with van der Waals surface area (Å²) in [7, 11) is 1.56. The molecule has 0 spiro atoms. The average Bonchev–Trinajstić information content (AvgIpc) is 3.54. The number of aryl methyl sites for hydroxylation is 2. The number of H-pyrrole nitrogens is 1. The quantitative estimate of drug-likeness (QED) is 0.678. The highest BCUT2D eigenvalue weighted by atomic mass is 16.5. The van der Waals surface area contributed by atoms with Gasteiger partial charge in [-0.25, -0.2) is 15.0 Å². The minimum Gasteiger partial charge on any atom is -0.480 e. The molecule has 1 unspecified atom stereocenters. The number of aromatic amines is 1. The van der Waals surface area contributed by atoms with Crippen molar-refractivity contribution in [3.63, 3.8) is 0 Å². The van der Waals surface area contributed by atoms with Crippen molar-refractivity contribution in [2.45, 2.75) is 31.7 Å². The van der Waals surface area contributed by atoms with Crippen LogP contribution in [0.3, 0.4) is 0 Å². The number of fused-ring (bicyclic) bond motifs is 1. The van der Waals surface area contributed by atoms with Crippen LogP contribution in [0, 0.1) is 0 Å². The molecule has 8 nitrogen and oxygen atoms in total. The van der Waals surface area contributed by atoms with Gasteiger partial charge in [0.15, 0.2) is 0 Å². The highest BCUT2D eigenvalue weighted by molar-refractivity contribution is 5.97. The van der Waals surface area contributed by atoms with E-state index in [2.05, 4.69) is 30.2 Å². The van der Waals surface area contributed by atoms with Crippen LogP contribution in [0.5, 0.6) is 5.88 Å². The first kappa shape index (κ1) is 18.6. The number of anilines is 1. The molecule has 1 fully saturated rings. The van der Waals surface area contributed by atoms with E-state index < -0.39 is 0 Å². The number of carbonyl (C=O) groups excluding carboxylic acids is 1. The lowest BCUT2D eigenvalue weighted by molar-refractivity contribution is 0.0936. The maximum atomic E-state index is 12.9. The Bertz CT molecular complexity index is 1070. The van der Waals surface area contributed by atoms with Crippen LogP contribution in [-0.4, -0.2) is 52.1 Å². The predicted molar refractivity (Wildman–Crippen MR) is 113 cm³/mol.